The van der Waals surface area contributed by atoms with E-state index in [1.165, 1.54) is 12.3 Å². The van der Waals surface area contributed by atoms with Gasteiger partial charge in [0, 0.05) is 30.4 Å². The summed E-state index contributed by atoms with van der Waals surface area (Å²) in [7, 11) is -0.749. The second-order valence-electron chi connectivity index (χ2n) is 5.76. The Hall–Kier alpha value is -0.975. The third-order valence-corrected chi connectivity index (χ3v) is 3.81. The standard InChI is InChI=1S/C13H19BFNO3/c1-12(2)13(3,4)19-14(18-12)10-8-16-9(5-6-17)7-11(10)15/h7-8,17H,5-6H2,1-4H3. The number of aliphatic hydroxyl groups excluding tert-OH is 1. The highest BCUT2D eigenvalue weighted by molar-refractivity contribution is 6.62. The van der Waals surface area contributed by atoms with E-state index in [9.17, 15) is 4.39 Å². The highest BCUT2D eigenvalue weighted by Gasteiger charge is 2.52. The number of hydrogen-bond donors (Lipinski definition) is 1. The van der Waals surface area contributed by atoms with E-state index in [1.54, 1.807) is 0 Å². The number of rotatable bonds is 3. The maximum atomic E-state index is 14.0. The van der Waals surface area contributed by atoms with Gasteiger partial charge in [-0.3, -0.25) is 4.98 Å². The van der Waals surface area contributed by atoms with Crippen LogP contribution < -0.4 is 5.46 Å². The van der Waals surface area contributed by atoms with Crippen molar-refractivity contribution in [1.82, 2.24) is 4.98 Å². The molecule has 0 amide bonds. The Morgan fingerprint density at radius 3 is 2.32 bits per heavy atom. The summed E-state index contributed by atoms with van der Waals surface area (Å²) in [6.45, 7) is 7.61. The molecule has 6 heteroatoms. The van der Waals surface area contributed by atoms with Gasteiger partial charge in [0.05, 0.1) is 11.2 Å². The maximum Gasteiger partial charge on any atom is 0.499 e. The zero-order chi connectivity index (χ0) is 14.3. The molecule has 0 bridgehead atoms. The lowest BCUT2D eigenvalue weighted by molar-refractivity contribution is 0.00578. The molecule has 2 rings (SSSR count). The summed E-state index contributed by atoms with van der Waals surface area (Å²) < 4.78 is 25.6. The van der Waals surface area contributed by atoms with Crippen LogP contribution in [0.15, 0.2) is 12.3 Å². The van der Waals surface area contributed by atoms with E-state index < -0.39 is 24.1 Å². The van der Waals surface area contributed by atoms with E-state index >= 15 is 0 Å². The molecule has 1 aromatic heterocycles. The van der Waals surface area contributed by atoms with E-state index in [0.29, 0.717) is 17.6 Å². The van der Waals surface area contributed by atoms with E-state index in [2.05, 4.69) is 4.98 Å². The molecule has 4 nitrogen and oxygen atoms in total. The van der Waals surface area contributed by atoms with E-state index in [0.717, 1.165) is 0 Å². The van der Waals surface area contributed by atoms with Gasteiger partial charge >= 0.3 is 7.12 Å². The molecular weight excluding hydrogens is 248 g/mol. The number of aromatic nitrogens is 1. The predicted molar refractivity (Wildman–Crippen MR) is 70.7 cm³/mol. The number of pyridine rings is 1. The Bertz CT molecular complexity index is 463. The fourth-order valence-corrected chi connectivity index (χ4v) is 1.88. The van der Waals surface area contributed by atoms with Crippen molar-refractivity contribution in [3.05, 3.63) is 23.8 Å². The third-order valence-electron chi connectivity index (χ3n) is 3.81. The predicted octanol–water partition coefficient (Wildman–Crippen LogP) is 1.05. The number of aliphatic hydroxyl groups is 1. The summed E-state index contributed by atoms with van der Waals surface area (Å²) >= 11 is 0. The third kappa shape index (κ3) is 2.66. The normalized spacial score (nSPS) is 20.8. The fraction of sp³-hybridized carbons (Fsp3) is 0.615. The van der Waals surface area contributed by atoms with Crippen LogP contribution in [0.2, 0.25) is 0 Å². The lowest BCUT2D eigenvalue weighted by Gasteiger charge is -2.32. The van der Waals surface area contributed by atoms with Crippen LogP contribution in [0.25, 0.3) is 0 Å². The second kappa shape index (κ2) is 4.85. The van der Waals surface area contributed by atoms with Crippen molar-refractivity contribution in [3.8, 4) is 0 Å². The molecule has 0 spiro atoms. The Balaban J connectivity index is 2.25. The summed E-state index contributed by atoms with van der Waals surface area (Å²) in [4.78, 5) is 4.11. The summed E-state index contributed by atoms with van der Waals surface area (Å²) in [5.41, 5.74) is -0.206. The molecule has 104 valence electrons. The molecule has 0 saturated carbocycles. The Labute approximate surface area is 113 Å². The molecule has 1 N–H and O–H groups in total. The average molecular weight is 267 g/mol. The van der Waals surface area contributed by atoms with Crippen molar-refractivity contribution in [3.63, 3.8) is 0 Å². The minimum Gasteiger partial charge on any atom is -0.399 e. The van der Waals surface area contributed by atoms with Gasteiger partial charge in [0.1, 0.15) is 5.82 Å². The lowest BCUT2D eigenvalue weighted by Crippen LogP contribution is -2.41. The molecule has 1 aliphatic rings. The van der Waals surface area contributed by atoms with Crippen LogP contribution >= 0.6 is 0 Å². The van der Waals surface area contributed by atoms with Crippen molar-refractivity contribution in [2.75, 3.05) is 6.61 Å². The van der Waals surface area contributed by atoms with E-state index in [1.807, 2.05) is 27.7 Å². The zero-order valence-electron chi connectivity index (χ0n) is 11.7. The van der Waals surface area contributed by atoms with Gasteiger partial charge in [-0.2, -0.15) is 0 Å². The lowest BCUT2D eigenvalue weighted by atomic mass is 9.79. The van der Waals surface area contributed by atoms with Gasteiger partial charge in [-0.1, -0.05) is 0 Å². The summed E-state index contributed by atoms with van der Waals surface area (Å²) in [6, 6.07) is 1.32. The molecule has 1 aromatic rings. The molecule has 0 unspecified atom stereocenters. The Morgan fingerprint density at radius 2 is 1.84 bits per heavy atom. The summed E-state index contributed by atoms with van der Waals surface area (Å²) in [5.74, 6) is -0.419. The molecule has 19 heavy (non-hydrogen) atoms. The van der Waals surface area contributed by atoms with Crippen molar-refractivity contribution in [1.29, 1.82) is 0 Å². The monoisotopic (exact) mass is 267 g/mol. The molecule has 1 aliphatic heterocycles. The molecule has 0 aliphatic carbocycles. The fourth-order valence-electron chi connectivity index (χ4n) is 1.88. The zero-order valence-corrected chi connectivity index (χ0v) is 11.7. The van der Waals surface area contributed by atoms with Crippen molar-refractivity contribution in [2.45, 2.75) is 45.3 Å². The largest absolute Gasteiger partial charge is 0.499 e. The smallest absolute Gasteiger partial charge is 0.399 e. The topological polar surface area (TPSA) is 51.6 Å². The Kier molecular flexibility index (Phi) is 3.68. The molecular formula is C13H19BFNO3. The number of halogens is 1. The van der Waals surface area contributed by atoms with Crippen LogP contribution in [0, 0.1) is 5.82 Å². The first-order valence-electron chi connectivity index (χ1n) is 6.37. The van der Waals surface area contributed by atoms with E-state index in [-0.39, 0.29) is 6.61 Å². The minimum absolute atomic E-state index is 0.0533. The van der Waals surface area contributed by atoms with Gasteiger partial charge < -0.3 is 14.4 Å². The first-order valence-corrected chi connectivity index (χ1v) is 6.37. The number of nitrogens with zero attached hydrogens (tertiary/aromatic N) is 1. The van der Waals surface area contributed by atoms with Gasteiger partial charge in [-0.15, -0.1) is 0 Å². The molecule has 0 aromatic carbocycles. The molecule has 2 heterocycles. The Morgan fingerprint density at radius 1 is 1.26 bits per heavy atom. The van der Waals surface area contributed by atoms with Gasteiger partial charge in [0.15, 0.2) is 0 Å². The van der Waals surface area contributed by atoms with Crippen LogP contribution in [0.4, 0.5) is 4.39 Å². The van der Waals surface area contributed by atoms with Gasteiger partial charge in [0.25, 0.3) is 0 Å². The van der Waals surface area contributed by atoms with Crippen LogP contribution in [-0.4, -0.2) is 35.0 Å². The first kappa shape index (κ1) is 14.4. The van der Waals surface area contributed by atoms with Gasteiger partial charge in [-0.25, -0.2) is 4.39 Å². The summed E-state index contributed by atoms with van der Waals surface area (Å²) in [5, 5.41) is 8.82. The maximum absolute atomic E-state index is 14.0. The highest BCUT2D eigenvalue weighted by atomic mass is 19.1. The van der Waals surface area contributed by atoms with Crippen molar-refractivity contribution in [2.24, 2.45) is 0 Å². The average Bonchev–Trinajstić information content (AvgIpc) is 2.48. The molecule has 1 saturated heterocycles. The SMILES string of the molecule is CC1(C)OB(c2cnc(CCO)cc2F)OC1(C)C. The molecule has 1 fully saturated rings. The summed E-state index contributed by atoms with van der Waals surface area (Å²) in [6.07, 6.45) is 1.75. The van der Waals surface area contributed by atoms with Crippen molar-refractivity contribution < 1.29 is 18.8 Å². The first-order chi connectivity index (χ1) is 8.77. The van der Waals surface area contributed by atoms with Crippen LogP contribution in [0.1, 0.15) is 33.4 Å². The second-order valence-corrected chi connectivity index (χ2v) is 5.76. The van der Waals surface area contributed by atoms with Gasteiger partial charge in [0.2, 0.25) is 0 Å². The van der Waals surface area contributed by atoms with Crippen LogP contribution in [0.3, 0.4) is 0 Å². The highest BCUT2D eigenvalue weighted by Crippen LogP contribution is 2.36. The quantitative estimate of drug-likeness (QED) is 0.832. The van der Waals surface area contributed by atoms with Crippen LogP contribution in [-0.2, 0) is 15.7 Å². The number of hydrogen-bond acceptors (Lipinski definition) is 4. The minimum atomic E-state index is -0.749. The van der Waals surface area contributed by atoms with Gasteiger partial charge in [-0.05, 0) is 33.8 Å². The molecule has 0 radical (unpaired) electrons. The van der Waals surface area contributed by atoms with Crippen LogP contribution in [0.5, 0.6) is 0 Å². The van der Waals surface area contributed by atoms with Crippen molar-refractivity contribution >= 4 is 12.6 Å². The van der Waals surface area contributed by atoms with E-state index in [4.69, 9.17) is 14.4 Å². The molecule has 0 atom stereocenters.